The average molecular weight is 316 g/mol. The largest absolute Gasteiger partial charge is 0.384 e. The van der Waals surface area contributed by atoms with Crippen molar-refractivity contribution in [3.63, 3.8) is 0 Å². The summed E-state index contributed by atoms with van der Waals surface area (Å²) in [7, 11) is 0. The van der Waals surface area contributed by atoms with E-state index in [9.17, 15) is 10.2 Å². The summed E-state index contributed by atoms with van der Waals surface area (Å²) >= 11 is 0. The molecule has 5 atom stereocenters. The van der Waals surface area contributed by atoms with E-state index in [0.29, 0.717) is 6.42 Å². The molecule has 0 saturated carbocycles. The van der Waals surface area contributed by atoms with Crippen molar-refractivity contribution in [2.45, 2.75) is 95.0 Å². The first-order valence-electron chi connectivity index (χ1n) is 8.38. The topological polar surface area (TPSA) is 77.4 Å². The summed E-state index contributed by atoms with van der Waals surface area (Å²) in [5.74, 6) is -2.10. The highest BCUT2D eigenvalue weighted by Gasteiger charge is 2.66. The van der Waals surface area contributed by atoms with Gasteiger partial charge in [-0.15, -0.1) is 0 Å². The van der Waals surface area contributed by atoms with E-state index in [0.717, 1.165) is 25.7 Å². The molecule has 6 heteroatoms. The van der Waals surface area contributed by atoms with Crippen LogP contribution in [0.1, 0.15) is 59.3 Å². The molecule has 2 N–H and O–H groups in total. The molecule has 1 unspecified atom stereocenters. The van der Waals surface area contributed by atoms with Crippen LogP contribution in [0, 0.1) is 0 Å². The van der Waals surface area contributed by atoms with Crippen LogP contribution < -0.4 is 0 Å². The average Bonchev–Trinajstić information content (AvgIpc) is 2.85. The summed E-state index contributed by atoms with van der Waals surface area (Å²) in [4.78, 5) is 0. The molecule has 22 heavy (non-hydrogen) atoms. The molecular weight excluding hydrogens is 288 g/mol. The molecule has 0 amide bonds. The van der Waals surface area contributed by atoms with Gasteiger partial charge in [-0.1, -0.05) is 26.2 Å². The van der Waals surface area contributed by atoms with Gasteiger partial charge in [0.2, 0.25) is 0 Å². The van der Waals surface area contributed by atoms with E-state index in [1.165, 1.54) is 0 Å². The van der Waals surface area contributed by atoms with Gasteiger partial charge in [-0.2, -0.15) is 0 Å². The molecule has 3 rings (SSSR count). The molecule has 3 heterocycles. The molecule has 0 spiro atoms. The number of rotatable bonds is 5. The molecule has 3 fully saturated rings. The summed E-state index contributed by atoms with van der Waals surface area (Å²) in [5, 5.41) is 21.8. The normalized spacial score (nSPS) is 46.5. The third-order valence-corrected chi connectivity index (χ3v) is 4.89. The van der Waals surface area contributed by atoms with Gasteiger partial charge in [0.1, 0.15) is 17.8 Å². The van der Waals surface area contributed by atoms with Crippen LogP contribution in [0.2, 0.25) is 0 Å². The van der Waals surface area contributed by atoms with Gasteiger partial charge in [0.05, 0.1) is 6.61 Å². The molecular formula is C16H28O6. The first-order chi connectivity index (χ1) is 10.3. The van der Waals surface area contributed by atoms with Crippen molar-refractivity contribution in [1.29, 1.82) is 0 Å². The van der Waals surface area contributed by atoms with E-state index in [4.69, 9.17) is 18.9 Å². The first-order valence-corrected chi connectivity index (χ1v) is 8.38. The van der Waals surface area contributed by atoms with Crippen molar-refractivity contribution in [2.24, 2.45) is 0 Å². The van der Waals surface area contributed by atoms with E-state index in [-0.39, 0.29) is 13.0 Å². The maximum absolute atomic E-state index is 11.1. The second-order valence-electron chi connectivity index (χ2n) is 7.29. The zero-order chi connectivity index (χ0) is 16.0. The van der Waals surface area contributed by atoms with Crippen molar-refractivity contribution < 1.29 is 29.2 Å². The monoisotopic (exact) mass is 316 g/mol. The number of aliphatic hydroxyl groups is 2. The minimum atomic E-state index is -1.31. The zero-order valence-electron chi connectivity index (χ0n) is 13.7. The fourth-order valence-electron chi connectivity index (χ4n) is 3.74. The first kappa shape index (κ1) is 16.6. The molecule has 128 valence electrons. The Morgan fingerprint density at radius 1 is 1.09 bits per heavy atom. The van der Waals surface area contributed by atoms with Crippen LogP contribution in [0.25, 0.3) is 0 Å². The number of fused-ring (bicyclic) bond motifs is 3. The molecule has 0 aromatic heterocycles. The van der Waals surface area contributed by atoms with Crippen LogP contribution in [0.4, 0.5) is 0 Å². The Hall–Kier alpha value is -0.240. The third kappa shape index (κ3) is 2.92. The van der Waals surface area contributed by atoms with Crippen LogP contribution in [-0.2, 0) is 18.9 Å². The van der Waals surface area contributed by atoms with Crippen molar-refractivity contribution in [3.8, 4) is 0 Å². The number of ether oxygens (including phenoxy) is 4. The molecule has 0 aliphatic carbocycles. The third-order valence-electron chi connectivity index (χ3n) is 4.89. The van der Waals surface area contributed by atoms with Crippen molar-refractivity contribution in [1.82, 2.24) is 0 Å². The van der Waals surface area contributed by atoms with Gasteiger partial charge in [-0.05, 0) is 20.3 Å². The van der Waals surface area contributed by atoms with E-state index in [1.54, 1.807) is 13.8 Å². The van der Waals surface area contributed by atoms with E-state index < -0.39 is 35.7 Å². The second kappa shape index (κ2) is 5.69. The van der Waals surface area contributed by atoms with Gasteiger partial charge in [-0.25, -0.2) is 0 Å². The lowest BCUT2D eigenvalue weighted by Gasteiger charge is -2.44. The Kier molecular flexibility index (Phi) is 4.29. The minimum absolute atomic E-state index is 0.0946. The fourth-order valence-corrected chi connectivity index (χ4v) is 3.74. The molecule has 6 nitrogen and oxygen atoms in total. The summed E-state index contributed by atoms with van der Waals surface area (Å²) in [5.41, 5.74) is -1.27. The molecule has 3 aliphatic rings. The Bertz CT molecular complexity index is 413. The lowest BCUT2D eigenvalue weighted by atomic mass is 9.81. The molecule has 0 bridgehead atoms. The molecule has 0 radical (unpaired) electrons. The van der Waals surface area contributed by atoms with Crippen molar-refractivity contribution in [2.75, 3.05) is 6.61 Å². The van der Waals surface area contributed by atoms with Crippen LogP contribution in [0.5, 0.6) is 0 Å². The predicted octanol–water partition coefficient (Wildman–Crippen LogP) is 1.67. The summed E-state index contributed by atoms with van der Waals surface area (Å²) in [6.45, 7) is 5.89. The SMILES string of the molecule is CCCCCCC1(O)C[C@@]2(O)[C@@H](CO1)O[C@@H]1OC(C)(C)O[C@@H]12. The lowest BCUT2D eigenvalue weighted by Crippen LogP contribution is -2.60. The Balaban J connectivity index is 1.66. The van der Waals surface area contributed by atoms with Crippen molar-refractivity contribution in [3.05, 3.63) is 0 Å². The minimum Gasteiger partial charge on any atom is -0.384 e. The van der Waals surface area contributed by atoms with Crippen LogP contribution in [0.15, 0.2) is 0 Å². The Morgan fingerprint density at radius 2 is 1.86 bits per heavy atom. The van der Waals surface area contributed by atoms with Gasteiger partial charge in [0.15, 0.2) is 17.9 Å². The summed E-state index contributed by atoms with van der Waals surface area (Å²) in [6.07, 6.45) is 3.12. The molecule has 3 aliphatic heterocycles. The fraction of sp³-hybridized carbons (Fsp3) is 1.00. The van der Waals surface area contributed by atoms with E-state index in [2.05, 4.69) is 6.92 Å². The Labute approximate surface area is 131 Å². The van der Waals surface area contributed by atoms with Gasteiger partial charge < -0.3 is 29.2 Å². The quantitative estimate of drug-likeness (QED) is 0.751. The van der Waals surface area contributed by atoms with Gasteiger partial charge in [-0.3, -0.25) is 0 Å². The van der Waals surface area contributed by atoms with Gasteiger partial charge >= 0.3 is 0 Å². The van der Waals surface area contributed by atoms with E-state index in [1.807, 2.05) is 0 Å². The molecule has 0 aromatic carbocycles. The number of hydrogen-bond acceptors (Lipinski definition) is 6. The van der Waals surface area contributed by atoms with Crippen LogP contribution in [0.3, 0.4) is 0 Å². The van der Waals surface area contributed by atoms with Crippen LogP contribution >= 0.6 is 0 Å². The smallest absolute Gasteiger partial charge is 0.190 e. The summed E-state index contributed by atoms with van der Waals surface area (Å²) in [6, 6.07) is 0. The van der Waals surface area contributed by atoms with Crippen molar-refractivity contribution >= 4 is 0 Å². The number of hydrogen-bond donors (Lipinski definition) is 2. The second-order valence-corrected chi connectivity index (χ2v) is 7.29. The highest BCUT2D eigenvalue weighted by molar-refractivity contribution is 5.09. The zero-order valence-corrected chi connectivity index (χ0v) is 13.7. The number of unbranched alkanes of at least 4 members (excludes halogenated alkanes) is 3. The molecule has 3 saturated heterocycles. The van der Waals surface area contributed by atoms with Crippen LogP contribution in [-0.4, -0.2) is 52.5 Å². The lowest BCUT2D eigenvalue weighted by molar-refractivity contribution is -0.315. The maximum Gasteiger partial charge on any atom is 0.190 e. The Morgan fingerprint density at radius 3 is 2.59 bits per heavy atom. The molecule has 0 aromatic rings. The maximum atomic E-state index is 11.1. The van der Waals surface area contributed by atoms with Gasteiger partial charge in [0.25, 0.3) is 0 Å². The highest BCUT2D eigenvalue weighted by Crippen LogP contribution is 2.49. The highest BCUT2D eigenvalue weighted by atomic mass is 16.8. The predicted molar refractivity (Wildman–Crippen MR) is 77.9 cm³/mol. The summed E-state index contributed by atoms with van der Waals surface area (Å²) < 4.78 is 22.8. The standard InChI is InChI=1S/C16H28O6/c1-4-5-6-7-8-15(17)10-16(18)11(9-19-15)20-13-12(16)21-14(2,3)22-13/h11-13,17-18H,4-10H2,1-3H3/t11-,12+,13-,15?,16-/m1/s1. The van der Waals surface area contributed by atoms with E-state index >= 15 is 0 Å². The van der Waals surface area contributed by atoms with Gasteiger partial charge in [0, 0.05) is 12.8 Å².